The number of H-pyrrole nitrogens is 1. The van der Waals surface area contributed by atoms with Crippen molar-refractivity contribution in [2.45, 2.75) is 6.18 Å². The minimum atomic E-state index is -4.61. The molecule has 0 spiro atoms. The third-order valence-electron chi connectivity index (χ3n) is 5.87. The average molecular weight is 511 g/mol. The first kappa shape index (κ1) is 24.0. The molecule has 190 valence electrons. The van der Waals surface area contributed by atoms with E-state index in [-0.39, 0.29) is 24.5 Å². The van der Waals surface area contributed by atoms with Gasteiger partial charge in [-0.15, -0.1) is 10.2 Å². The molecule has 10 nitrogen and oxygen atoms in total. The Morgan fingerprint density at radius 1 is 0.973 bits per heavy atom. The predicted octanol–water partition coefficient (Wildman–Crippen LogP) is 3.95. The molecule has 0 bridgehead atoms. The number of piperazine rings is 1. The summed E-state index contributed by atoms with van der Waals surface area (Å²) in [5, 5.41) is 18.2. The molecular formula is C24H20F3N7O3. The Morgan fingerprint density at radius 3 is 2.49 bits per heavy atom. The van der Waals surface area contributed by atoms with Crippen LogP contribution in [0, 0.1) is 0 Å². The maximum atomic E-state index is 13.3. The third-order valence-corrected chi connectivity index (χ3v) is 5.87. The van der Waals surface area contributed by atoms with E-state index in [1.165, 1.54) is 29.2 Å². The average Bonchev–Trinajstić information content (AvgIpc) is 3.36. The number of fused-ring (bicyclic) bond motifs is 1. The molecule has 0 aliphatic carbocycles. The highest BCUT2D eigenvalue weighted by Gasteiger charge is 2.36. The highest BCUT2D eigenvalue weighted by molar-refractivity contribution is 5.96. The summed E-state index contributed by atoms with van der Waals surface area (Å²) >= 11 is 0. The Morgan fingerprint density at radius 2 is 1.76 bits per heavy atom. The lowest BCUT2D eigenvalue weighted by atomic mass is 10.1. The second-order valence-electron chi connectivity index (χ2n) is 8.24. The fourth-order valence-corrected chi connectivity index (χ4v) is 4.02. The van der Waals surface area contributed by atoms with Gasteiger partial charge in [-0.3, -0.25) is 15.2 Å². The van der Waals surface area contributed by atoms with Crippen molar-refractivity contribution in [2.24, 2.45) is 0 Å². The largest absolute Gasteiger partial charge is 0.418 e. The van der Waals surface area contributed by atoms with Crippen LogP contribution in [0.3, 0.4) is 0 Å². The summed E-state index contributed by atoms with van der Waals surface area (Å²) < 4.78 is 45.1. The molecule has 5 rings (SSSR count). The van der Waals surface area contributed by atoms with Gasteiger partial charge in [0.1, 0.15) is 0 Å². The van der Waals surface area contributed by atoms with Crippen LogP contribution in [0.2, 0.25) is 0 Å². The zero-order chi connectivity index (χ0) is 26.0. The molecule has 1 aliphatic rings. The van der Waals surface area contributed by atoms with Crippen LogP contribution in [0.15, 0.2) is 60.8 Å². The topological polar surface area (TPSA) is 116 Å². The second-order valence-corrected chi connectivity index (χ2v) is 8.24. The number of alkyl halides is 3. The Labute approximate surface area is 208 Å². The van der Waals surface area contributed by atoms with Crippen molar-refractivity contribution in [1.29, 1.82) is 0 Å². The van der Waals surface area contributed by atoms with E-state index < -0.39 is 23.7 Å². The lowest BCUT2D eigenvalue weighted by molar-refractivity contribution is -0.138. The quantitative estimate of drug-likeness (QED) is 0.426. The number of carbonyl (C=O) groups is 2. The predicted molar refractivity (Wildman–Crippen MR) is 127 cm³/mol. The minimum absolute atomic E-state index is 0.0126. The normalized spacial score (nSPS) is 14.0. The van der Waals surface area contributed by atoms with Crippen LogP contribution in [-0.2, 0) is 6.18 Å². The number of hydrogen-bond donors (Lipinski definition) is 2. The molecule has 1 aliphatic heterocycles. The van der Waals surface area contributed by atoms with Gasteiger partial charge in [0.2, 0.25) is 5.88 Å². The highest BCUT2D eigenvalue weighted by Crippen LogP contribution is 2.32. The van der Waals surface area contributed by atoms with Crippen LogP contribution in [0.5, 0.6) is 5.88 Å². The molecule has 3 heterocycles. The zero-order valence-corrected chi connectivity index (χ0v) is 19.2. The third kappa shape index (κ3) is 5.29. The first-order chi connectivity index (χ1) is 17.8. The molecule has 0 radical (unpaired) electrons. The number of amides is 2. The van der Waals surface area contributed by atoms with Crippen molar-refractivity contribution in [2.75, 3.05) is 36.4 Å². The minimum Gasteiger partial charge on any atom is -0.389 e. The summed E-state index contributed by atoms with van der Waals surface area (Å²) in [6, 6.07) is 13.1. The number of anilines is 2. The summed E-state index contributed by atoms with van der Waals surface area (Å²) in [5.41, 5.74) is -0.0489. The fourth-order valence-electron chi connectivity index (χ4n) is 4.02. The van der Waals surface area contributed by atoms with Gasteiger partial charge in [-0.05, 0) is 36.4 Å². The van der Waals surface area contributed by atoms with Crippen LogP contribution >= 0.6 is 0 Å². The van der Waals surface area contributed by atoms with Crippen LogP contribution < -0.4 is 15.0 Å². The Balaban J connectivity index is 1.16. The van der Waals surface area contributed by atoms with Crippen LogP contribution in [0.25, 0.3) is 10.9 Å². The number of nitrogens with one attached hydrogen (secondary N) is 2. The highest BCUT2D eigenvalue weighted by atomic mass is 19.4. The molecule has 4 aromatic rings. The molecule has 2 N–H and O–H groups in total. The second kappa shape index (κ2) is 9.76. The van der Waals surface area contributed by atoms with Gasteiger partial charge in [-0.2, -0.15) is 18.3 Å². The van der Waals surface area contributed by atoms with Crippen molar-refractivity contribution in [3.8, 4) is 5.88 Å². The summed E-state index contributed by atoms with van der Waals surface area (Å²) in [6.45, 7) is 1.14. The van der Waals surface area contributed by atoms with Crippen molar-refractivity contribution in [1.82, 2.24) is 25.3 Å². The van der Waals surface area contributed by atoms with E-state index in [9.17, 15) is 22.8 Å². The number of benzene rings is 2. The Hall–Kier alpha value is -4.68. The van der Waals surface area contributed by atoms with Crippen LogP contribution in [0.1, 0.15) is 15.9 Å². The summed E-state index contributed by atoms with van der Waals surface area (Å²) in [7, 11) is 0. The van der Waals surface area contributed by atoms with E-state index in [0.29, 0.717) is 24.6 Å². The van der Waals surface area contributed by atoms with Gasteiger partial charge in [0.25, 0.3) is 5.91 Å². The summed E-state index contributed by atoms with van der Waals surface area (Å²) in [5.74, 6) is -0.193. The first-order valence-corrected chi connectivity index (χ1v) is 11.2. The Kier molecular flexibility index (Phi) is 6.34. The van der Waals surface area contributed by atoms with Crippen molar-refractivity contribution in [3.05, 3.63) is 71.9 Å². The van der Waals surface area contributed by atoms with Gasteiger partial charge < -0.3 is 14.5 Å². The van der Waals surface area contributed by atoms with E-state index in [4.69, 9.17) is 4.74 Å². The van der Waals surface area contributed by atoms with E-state index >= 15 is 0 Å². The van der Waals surface area contributed by atoms with Crippen molar-refractivity contribution < 1.29 is 27.5 Å². The number of halogens is 3. The number of ether oxygens (including phenoxy) is 1. The lowest BCUT2D eigenvalue weighted by Gasteiger charge is -2.35. The molecule has 37 heavy (non-hydrogen) atoms. The number of aromatic amines is 1. The molecule has 2 aromatic heterocycles. The van der Waals surface area contributed by atoms with Gasteiger partial charge >= 0.3 is 12.3 Å². The first-order valence-electron chi connectivity index (χ1n) is 11.2. The van der Waals surface area contributed by atoms with Crippen LogP contribution in [-0.4, -0.2) is 63.5 Å². The molecule has 2 aromatic carbocycles. The van der Waals surface area contributed by atoms with E-state index in [1.54, 1.807) is 30.5 Å². The standard InChI is InChI=1S/C24H20F3N7O3/c25-24(26,27)18-4-2-1-3-17(18)22(35)34-11-9-33(10-12-34)20-7-8-21(32-31-20)37-23(36)29-16-6-5-15-14-28-30-19(15)13-16/h1-8,13-14H,9-12H2,(H,28,30)(H,29,36). The molecule has 0 atom stereocenters. The number of carbonyl (C=O) groups excluding carboxylic acids is 2. The smallest absolute Gasteiger partial charge is 0.389 e. The maximum Gasteiger partial charge on any atom is 0.418 e. The molecule has 13 heteroatoms. The van der Waals surface area contributed by atoms with Gasteiger partial charge in [0.05, 0.1) is 22.8 Å². The molecule has 1 saturated heterocycles. The number of rotatable bonds is 4. The molecular weight excluding hydrogens is 491 g/mol. The summed E-state index contributed by atoms with van der Waals surface area (Å²) in [4.78, 5) is 28.2. The molecule has 1 fully saturated rings. The van der Waals surface area contributed by atoms with Gasteiger partial charge in [0, 0.05) is 43.3 Å². The van der Waals surface area contributed by atoms with Gasteiger partial charge in [0.15, 0.2) is 5.82 Å². The lowest BCUT2D eigenvalue weighted by Crippen LogP contribution is -2.49. The summed E-state index contributed by atoms with van der Waals surface area (Å²) in [6.07, 6.45) is -3.69. The monoisotopic (exact) mass is 511 g/mol. The van der Waals surface area contributed by atoms with Crippen molar-refractivity contribution in [3.63, 3.8) is 0 Å². The zero-order valence-electron chi connectivity index (χ0n) is 19.2. The molecule has 2 amide bonds. The number of aromatic nitrogens is 4. The van der Waals surface area contributed by atoms with Crippen LogP contribution in [0.4, 0.5) is 29.5 Å². The van der Waals surface area contributed by atoms with Crippen molar-refractivity contribution >= 4 is 34.4 Å². The number of nitrogens with zero attached hydrogens (tertiary/aromatic N) is 5. The molecule has 0 unspecified atom stereocenters. The molecule has 0 saturated carbocycles. The van der Waals surface area contributed by atoms with E-state index in [2.05, 4.69) is 25.7 Å². The SMILES string of the molecule is O=C(Nc1ccc2cn[nH]c2c1)Oc1ccc(N2CCN(C(=O)c3ccccc3C(F)(F)F)CC2)nn1. The van der Waals surface area contributed by atoms with E-state index in [1.807, 2.05) is 4.90 Å². The maximum absolute atomic E-state index is 13.3. The number of hydrogen-bond acceptors (Lipinski definition) is 7. The van der Waals surface area contributed by atoms with Gasteiger partial charge in [-0.25, -0.2) is 4.79 Å². The Bertz CT molecular complexity index is 1430. The fraction of sp³-hybridized carbons (Fsp3) is 0.208. The van der Waals surface area contributed by atoms with E-state index in [0.717, 1.165) is 17.0 Å². The van der Waals surface area contributed by atoms with Gasteiger partial charge in [-0.1, -0.05) is 12.1 Å².